The van der Waals surface area contributed by atoms with Crippen molar-refractivity contribution >= 4 is 11.0 Å². The number of benzene rings is 1. The topological polar surface area (TPSA) is 36.7 Å². The SMILES string of the molecule is CCc1ccc2oc(=O)cc(CN3CCN(C)C(C)C3)c2c1. The normalized spacial score (nSPS) is 20.6. The lowest BCUT2D eigenvalue weighted by atomic mass is 10.0. The highest BCUT2D eigenvalue weighted by molar-refractivity contribution is 5.80. The summed E-state index contributed by atoms with van der Waals surface area (Å²) in [6, 6.07) is 8.32. The van der Waals surface area contributed by atoms with Gasteiger partial charge in [0.15, 0.2) is 0 Å². The Bertz CT molecular complexity index is 723. The molecular weight excluding hydrogens is 276 g/mol. The molecule has 1 aromatic heterocycles. The van der Waals surface area contributed by atoms with Gasteiger partial charge < -0.3 is 9.32 Å². The minimum Gasteiger partial charge on any atom is -0.423 e. The van der Waals surface area contributed by atoms with Gasteiger partial charge in [0.05, 0.1) is 0 Å². The van der Waals surface area contributed by atoms with Crippen molar-refractivity contribution in [1.82, 2.24) is 9.80 Å². The maximum absolute atomic E-state index is 11.8. The molecule has 0 spiro atoms. The Kier molecular flexibility index (Phi) is 4.32. The molecule has 4 heteroatoms. The Morgan fingerprint density at radius 2 is 2.09 bits per heavy atom. The van der Waals surface area contributed by atoms with Gasteiger partial charge in [0.25, 0.3) is 0 Å². The molecule has 0 radical (unpaired) electrons. The molecular formula is C18H24N2O2. The number of aryl methyl sites for hydroxylation is 1. The second-order valence-corrected chi connectivity index (χ2v) is 6.34. The summed E-state index contributed by atoms with van der Waals surface area (Å²) >= 11 is 0. The summed E-state index contributed by atoms with van der Waals surface area (Å²) in [6.45, 7) is 8.34. The Balaban J connectivity index is 1.93. The van der Waals surface area contributed by atoms with Crippen LogP contribution in [0.15, 0.2) is 33.5 Å². The highest BCUT2D eigenvalue weighted by Crippen LogP contribution is 2.21. The quantitative estimate of drug-likeness (QED) is 0.816. The predicted molar refractivity (Wildman–Crippen MR) is 89.2 cm³/mol. The number of piperazine rings is 1. The van der Waals surface area contributed by atoms with Crippen molar-refractivity contribution in [2.24, 2.45) is 0 Å². The molecule has 0 aliphatic carbocycles. The van der Waals surface area contributed by atoms with Gasteiger partial charge in [-0.25, -0.2) is 4.79 Å². The lowest BCUT2D eigenvalue weighted by molar-refractivity contribution is 0.100. The molecule has 1 aliphatic heterocycles. The smallest absolute Gasteiger partial charge is 0.336 e. The largest absolute Gasteiger partial charge is 0.423 e. The number of rotatable bonds is 3. The van der Waals surface area contributed by atoms with E-state index in [4.69, 9.17) is 4.42 Å². The maximum atomic E-state index is 11.8. The van der Waals surface area contributed by atoms with Gasteiger partial charge in [-0.1, -0.05) is 13.0 Å². The number of hydrogen-bond acceptors (Lipinski definition) is 4. The van der Waals surface area contributed by atoms with Crippen LogP contribution in [0.5, 0.6) is 0 Å². The number of likely N-dealkylation sites (N-methyl/N-ethyl adjacent to an activating group) is 1. The maximum Gasteiger partial charge on any atom is 0.336 e. The highest BCUT2D eigenvalue weighted by Gasteiger charge is 2.21. The summed E-state index contributed by atoms with van der Waals surface area (Å²) in [7, 11) is 2.17. The fraction of sp³-hybridized carbons (Fsp3) is 0.500. The zero-order valence-electron chi connectivity index (χ0n) is 13.6. The van der Waals surface area contributed by atoms with Crippen LogP contribution in [0.2, 0.25) is 0 Å². The molecule has 1 fully saturated rings. The molecule has 2 heterocycles. The molecule has 0 N–H and O–H groups in total. The van der Waals surface area contributed by atoms with Crippen molar-refractivity contribution in [3.8, 4) is 0 Å². The van der Waals surface area contributed by atoms with E-state index in [0.717, 1.165) is 43.5 Å². The summed E-state index contributed by atoms with van der Waals surface area (Å²) in [5.41, 5.74) is 2.79. The summed E-state index contributed by atoms with van der Waals surface area (Å²) in [4.78, 5) is 16.6. The van der Waals surface area contributed by atoms with Gasteiger partial charge in [-0.15, -0.1) is 0 Å². The zero-order chi connectivity index (χ0) is 15.7. The van der Waals surface area contributed by atoms with Crippen LogP contribution in [-0.2, 0) is 13.0 Å². The van der Waals surface area contributed by atoms with Gasteiger partial charge in [-0.2, -0.15) is 0 Å². The van der Waals surface area contributed by atoms with Crippen molar-refractivity contribution in [3.63, 3.8) is 0 Å². The molecule has 0 saturated carbocycles. The Morgan fingerprint density at radius 1 is 1.27 bits per heavy atom. The molecule has 3 rings (SSSR count). The molecule has 1 saturated heterocycles. The first kappa shape index (κ1) is 15.3. The van der Waals surface area contributed by atoms with Crippen LogP contribution in [0, 0.1) is 0 Å². The molecule has 1 aromatic carbocycles. The standard InChI is InChI=1S/C18H24N2O2/c1-4-14-5-6-17-16(9-14)15(10-18(21)22-17)12-20-8-7-19(3)13(2)11-20/h5-6,9-10,13H,4,7-8,11-12H2,1-3H3. The van der Waals surface area contributed by atoms with Crippen LogP contribution in [0.25, 0.3) is 11.0 Å². The van der Waals surface area contributed by atoms with E-state index in [0.29, 0.717) is 11.6 Å². The van der Waals surface area contributed by atoms with Crippen LogP contribution >= 0.6 is 0 Å². The molecule has 0 amide bonds. The fourth-order valence-corrected chi connectivity index (χ4v) is 3.13. The molecule has 0 bridgehead atoms. The third-order valence-corrected chi connectivity index (χ3v) is 4.74. The Labute approximate surface area is 131 Å². The summed E-state index contributed by atoms with van der Waals surface area (Å²) in [5, 5.41) is 1.07. The molecule has 1 atom stereocenters. The minimum atomic E-state index is -0.256. The molecule has 4 nitrogen and oxygen atoms in total. The van der Waals surface area contributed by atoms with Gasteiger partial charge in [0.1, 0.15) is 5.58 Å². The van der Waals surface area contributed by atoms with Crippen LogP contribution < -0.4 is 5.63 Å². The average molecular weight is 300 g/mol. The fourth-order valence-electron chi connectivity index (χ4n) is 3.13. The second kappa shape index (κ2) is 6.23. The first-order valence-corrected chi connectivity index (χ1v) is 8.05. The van der Waals surface area contributed by atoms with Crippen LogP contribution in [0.4, 0.5) is 0 Å². The van der Waals surface area contributed by atoms with Gasteiger partial charge >= 0.3 is 5.63 Å². The zero-order valence-corrected chi connectivity index (χ0v) is 13.6. The van der Waals surface area contributed by atoms with Crippen LogP contribution in [0.1, 0.15) is 25.0 Å². The summed E-state index contributed by atoms with van der Waals surface area (Å²) < 4.78 is 5.35. The van der Waals surface area contributed by atoms with E-state index in [2.05, 4.69) is 36.8 Å². The molecule has 1 unspecified atom stereocenters. The average Bonchev–Trinajstić information content (AvgIpc) is 2.50. The number of fused-ring (bicyclic) bond motifs is 1. The molecule has 1 aliphatic rings. The molecule has 22 heavy (non-hydrogen) atoms. The first-order chi connectivity index (χ1) is 10.6. The molecule has 118 valence electrons. The highest BCUT2D eigenvalue weighted by atomic mass is 16.4. The third-order valence-electron chi connectivity index (χ3n) is 4.74. The van der Waals surface area contributed by atoms with E-state index in [1.807, 2.05) is 12.1 Å². The Hall–Kier alpha value is -1.65. The second-order valence-electron chi connectivity index (χ2n) is 6.34. The number of nitrogens with zero attached hydrogens (tertiary/aromatic N) is 2. The van der Waals surface area contributed by atoms with Crippen molar-refractivity contribution < 1.29 is 4.42 Å². The van der Waals surface area contributed by atoms with Crippen molar-refractivity contribution in [2.75, 3.05) is 26.7 Å². The van der Waals surface area contributed by atoms with E-state index in [1.165, 1.54) is 5.56 Å². The van der Waals surface area contributed by atoms with E-state index < -0.39 is 0 Å². The monoisotopic (exact) mass is 300 g/mol. The van der Waals surface area contributed by atoms with Gasteiger partial charge in [-0.05, 0) is 43.7 Å². The van der Waals surface area contributed by atoms with Gasteiger partial charge in [0.2, 0.25) is 0 Å². The van der Waals surface area contributed by atoms with E-state index >= 15 is 0 Å². The van der Waals surface area contributed by atoms with Crippen LogP contribution in [0.3, 0.4) is 0 Å². The van der Waals surface area contributed by atoms with Crippen molar-refractivity contribution in [1.29, 1.82) is 0 Å². The third kappa shape index (κ3) is 3.08. The first-order valence-electron chi connectivity index (χ1n) is 8.05. The summed E-state index contributed by atoms with van der Waals surface area (Å²) in [5.74, 6) is 0. The Morgan fingerprint density at radius 3 is 2.82 bits per heavy atom. The lowest BCUT2D eigenvalue weighted by Crippen LogP contribution is -2.49. The lowest BCUT2D eigenvalue weighted by Gasteiger charge is -2.37. The summed E-state index contributed by atoms with van der Waals surface area (Å²) in [6.07, 6.45) is 0.986. The number of hydrogen-bond donors (Lipinski definition) is 0. The van der Waals surface area contributed by atoms with E-state index in [1.54, 1.807) is 6.07 Å². The van der Waals surface area contributed by atoms with E-state index in [-0.39, 0.29) is 5.63 Å². The van der Waals surface area contributed by atoms with E-state index in [9.17, 15) is 4.79 Å². The minimum absolute atomic E-state index is 0.256. The van der Waals surface area contributed by atoms with Crippen LogP contribution in [-0.4, -0.2) is 42.5 Å². The van der Waals surface area contributed by atoms with Gasteiger partial charge in [-0.3, -0.25) is 4.90 Å². The molecule has 2 aromatic rings. The van der Waals surface area contributed by atoms with Crippen molar-refractivity contribution in [3.05, 3.63) is 45.8 Å². The predicted octanol–water partition coefficient (Wildman–Crippen LogP) is 2.49. The van der Waals surface area contributed by atoms with Crippen molar-refractivity contribution in [2.45, 2.75) is 32.9 Å². The van der Waals surface area contributed by atoms with Gasteiger partial charge in [0, 0.05) is 43.7 Å².